The van der Waals surface area contributed by atoms with Gasteiger partial charge in [-0.15, -0.1) is 0 Å². The van der Waals surface area contributed by atoms with E-state index in [4.69, 9.17) is 18.1 Å². The molecule has 0 saturated carbocycles. The predicted octanol–water partition coefficient (Wildman–Crippen LogP) is 15.1. The largest absolute Gasteiger partial charge is 0.451 e. The first kappa shape index (κ1) is 45.6. The van der Waals surface area contributed by atoms with Crippen molar-refractivity contribution < 1.29 is 18.1 Å². The Morgan fingerprint density at radius 1 is 0.338 bits per heavy atom. The second-order valence-corrected chi connectivity index (χ2v) is 22.7. The molecule has 0 amide bonds. The summed E-state index contributed by atoms with van der Waals surface area (Å²) in [5, 5.41) is 0. The van der Waals surface area contributed by atoms with E-state index >= 15 is 0 Å². The van der Waals surface area contributed by atoms with E-state index in [2.05, 4.69) is 266 Å². The number of allylic oxidation sites excluding steroid dienone is 4. The summed E-state index contributed by atoms with van der Waals surface area (Å²) in [5.41, 5.74) is 5.91. The highest BCUT2D eigenvalue weighted by Gasteiger charge is 2.37. The van der Waals surface area contributed by atoms with E-state index in [1.807, 2.05) is 0 Å². The predicted molar refractivity (Wildman–Crippen MR) is 280 cm³/mol. The van der Waals surface area contributed by atoms with Gasteiger partial charge in [-0.2, -0.15) is 0 Å². The van der Waals surface area contributed by atoms with E-state index in [1.54, 1.807) is 0 Å². The molecule has 0 fully saturated rings. The monoisotopic (exact) mass is 977 g/mol. The highest BCUT2D eigenvalue weighted by Crippen LogP contribution is 2.62. The molecule has 0 saturated heterocycles. The van der Waals surface area contributed by atoms with Crippen LogP contribution in [0.5, 0.6) is 23.0 Å². The normalized spacial score (nSPS) is 13.1. The third kappa shape index (κ3) is 9.21. The molecule has 15 heteroatoms. The highest BCUT2D eigenvalue weighted by molar-refractivity contribution is 7.52. The third-order valence-electron chi connectivity index (χ3n) is 11.8. The number of aryl methyl sites for hydroxylation is 4. The SMILES string of the molecule is CCc1cc(CC)c(OP(n2cccc2)n2cccc2)c(-c2c(OP(n3cccc3)n3cccc3)c(CC)cc(CC)c2OP(n2cccc2)n2cccc2)c1OP(C1C=CC=C1)n1cccc1. The summed E-state index contributed by atoms with van der Waals surface area (Å²) in [6, 6.07) is 33.4. The van der Waals surface area contributed by atoms with Crippen molar-refractivity contribution in [3.05, 3.63) is 230 Å². The molecule has 1 aliphatic rings. The van der Waals surface area contributed by atoms with E-state index in [-0.39, 0.29) is 5.66 Å². The van der Waals surface area contributed by atoms with Gasteiger partial charge in [0.2, 0.25) is 8.30 Å². The summed E-state index contributed by atoms with van der Waals surface area (Å²) >= 11 is 0. The number of aromatic nitrogens is 7. The zero-order chi connectivity index (χ0) is 46.4. The summed E-state index contributed by atoms with van der Waals surface area (Å²) in [5.74, 6) is 2.94. The second kappa shape index (κ2) is 21.0. The van der Waals surface area contributed by atoms with Crippen molar-refractivity contribution in [3.63, 3.8) is 0 Å². The minimum Gasteiger partial charge on any atom is -0.451 e. The quantitative estimate of drug-likeness (QED) is 0.0673. The second-order valence-electron chi connectivity index (χ2n) is 16.0. The lowest BCUT2D eigenvalue weighted by molar-refractivity contribution is 0.546. The van der Waals surface area contributed by atoms with Crippen LogP contribution in [-0.2, 0) is 25.7 Å². The Morgan fingerprint density at radius 3 is 0.824 bits per heavy atom. The molecule has 0 spiro atoms. The van der Waals surface area contributed by atoms with E-state index < -0.39 is 33.6 Å². The van der Waals surface area contributed by atoms with Crippen molar-refractivity contribution in [2.45, 2.75) is 59.0 Å². The van der Waals surface area contributed by atoms with Crippen molar-refractivity contribution in [2.75, 3.05) is 0 Å². The molecule has 68 heavy (non-hydrogen) atoms. The summed E-state index contributed by atoms with van der Waals surface area (Å²) in [7, 11) is -5.85. The van der Waals surface area contributed by atoms with Gasteiger partial charge in [0.25, 0.3) is 0 Å². The van der Waals surface area contributed by atoms with Crippen molar-refractivity contribution in [1.29, 1.82) is 0 Å². The molecule has 0 aliphatic heterocycles. The minimum atomic E-state index is -1.50. The zero-order valence-electron chi connectivity index (χ0n) is 38.6. The van der Waals surface area contributed by atoms with Gasteiger partial charge in [-0.1, -0.05) is 52.0 Å². The summed E-state index contributed by atoms with van der Waals surface area (Å²) in [4.78, 5) is 0. The van der Waals surface area contributed by atoms with Crippen LogP contribution in [0.15, 0.2) is 208 Å². The Morgan fingerprint density at radius 2 is 0.574 bits per heavy atom. The summed E-state index contributed by atoms with van der Waals surface area (Å²) < 4.78 is 46.3. The van der Waals surface area contributed by atoms with Gasteiger partial charge in [0.15, 0.2) is 0 Å². The third-order valence-corrected chi connectivity index (χ3v) is 18.7. The first-order valence-corrected chi connectivity index (χ1v) is 27.9. The number of hydrogen-bond donors (Lipinski definition) is 0. The maximum atomic E-state index is 7.83. The molecule has 1 unspecified atom stereocenters. The molecular formula is C53H55N7O4P4. The molecule has 346 valence electrons. The van der Waals surface area contributed by atoms with Crippen LogP contribution in [0.1, 0.15) is 49.9 Å². The van der Waals surface area contributed by atoms with Crippen LogP contribution in [-0.4, -0.2) is 36.0 Å². The van der Waals surface area contributed by atoms with Crippen LogP contribution >= 0.6 is 33.6 Å². The maximum absolute atomic E-state index is 7.83. The highest BCUT2D eigenvalue weighted by atomic mass is 31.2. The molecule has 7 aromatic heterocycles. The fourth-order valence-electron chi connectivity index (χ4n) is 8.36. The Kier molecular flexibility index (Phi) is 14.1. The molecule has 0 radical (unpaired) electrons. The van der Waals surface area contributed by atoms with Crippen LogP contribution in [0.25, 0.3) is 11.1 Å². The van der Waals surface area contributed by atoms with Crippen LogP contribution in [0, 0.1) is 0 Å². The van der Waals surface area contributed by atoms with Gasteiger partial charge in [-0.25, -0.2) is 0 Å². The average Bonchev–Trinajstić information content (AvgIpc) is 4.23. The zero-order valence-corrected chi connectivity index (χ0v) is 42.2. The first-order valence-electron chi connectivity index (χ1n) is 23.1. The van der Waals surface area contributed by atoms with E-state index in [1.165, 1.54) is 0 Å². The summed E-state index contributed by atoms with van der Waals surface area (Å²) in [6.07, 6.45) is 40.7. The molecule has 1 atom stereocenters. The molecule has 2 aromatic carbocycles. The Bertz CT molecular complexity index is 2820. The fraction of sp³-hybridized carbons (Fsp3) is 0.170. The van der Waals surface area contributed by atoms with Gasteiger partial charge >= 0.3 is 25.3 Å². The number of hydrogen-bond acceptors (Lipinski definition) is 4. The number of rotatable bonds is 21. The molecule has 0 N–H and O–H groups in total. The van der Waals surface area contributed by atoms with Gasteiger partial charge in [0.05, 0.1) is 16.8 Å². The van der Waals surface area contributed by atoms with Crippen LogP contribution < -0.4 is 18.1 Å². The fourth-order valence-corrected chi connectivity index (χ4v) is 14.9. The minimum absolute atomic E-state index is 0.0207. The first-order chi connectivity index (χ1) is 33.6. The maximum Gasteiger partial charge on any atom is 0.317 e. The van der Waals surface area contributed by atoms with E-state index in [9.17, 15) is 0 Å². The molecule has 1 aliphatic carbocycles. The van der Waals surface area contributed by atoms with Gasteiger partial charge in [-0.3, -0.25) is 26.0 Å². The van der Waals surface area contributed by atoms with Gasteiger partial charge < -0.3 is 22.4 Å². The summed E-state index contributed by atoms with van der Waals surface area (Å²) in [6.45, 7) is 8.85. The van der Waals surface area contributed by atoms with Crippen molar-refractivity contribution >= 4 is 33.6 Å². The Labute approximate surface area is 403 Å². The van der Waals surface area contributed by atoms with Crippen LogP contribution in [0.2, 0.25) is 0 Å². The molecule has 9 aromatic rings. The molecule has 0 bridgehead atoms. The van der Waals surface area contributed by atoms with E-state index in [0.29, 0.717) is 25.7 Å². The molecule has 11 nitrogen and oxygen atoms in total. The molecule has 7 heterocycles. The van der Waals surface area contributed by atoms with Crippen LogP contribution in [0.4, 0.5) is 0 Å². The van der Waals surface area contributed by atoms with Crippen molar-refractivity contribution in [3.8, 4) is 34.1 Å². The smallest absolute Gasteiger partial charge is 0.317 e. The van der Waals surface area contributed by atoms with Crippen LogP contribution in [0.3, 0.4) is 0 Å². The number of nitrogens with zero attached hydrogens (tertiary/aromatic N) is 7. The molecule has 10 rings (SSSR count). The number of benzene rings is 2. The van der Waals surface area contributed by atoms with Gasteiger partial charge in [0, 0.05) is 86.8 Å². The lowest BCUT2D eigenvalue weighted by Crippen LogP contribution is -2.13. The Balaban J connectivity index is 1.33. The lowest BCUT2D eigenvalue weighted by Gasteiger charge is -2.32. The van der Waals surface area contributed by atoms with Crippen molar-refractivity contribution in [1.82, 2.24) is 30.4 Å². The van der Waals surface area contributed by atoms with Gasteiger partial charge in [-0.05, 0) is 145 Å². The average molecular weight is 978 g/mol. The van der Waals surface area contributed by atoms with Crippen molar-refractivity contribution in [2.24, 2.45) is 0 Å². The Hall–Kier alpha value is -6.20. The van der Waals surface area contributed by atoms with E-state index in [0.717, 1.165) is 56.4 Å². The molecular weight excluding hydrogens is 923 g/mol. The topological polar surface area (TPSA) is 71.4 Å². The lowest BCUT2D eigenvalue weighted by atomic mass is 9.90. The van der Waals surface area contributed by atoms with Gasteiger partial charge in [0.1, 0.15) is 23.0 Å². The standard InChI is InChI=1S/C53H55N7O4P4/c1-5-43-41-44(6-2)51(62-66(55-29-13-14-30-55)56-31-15-16-32-56)48(50(43)61-65(47-25-9-10-26-47)54-27-11-12-28-54)49-52(63-67(57-33-17-18-34-57)58-35-19-20-36-58)45(7-3)42-46(8-4)53(49)64-68(59-37-21-22-38-59)60-39-23-24-40-60/h9-42,47H,5-8H2,1-4H3.